The molecule has 8 heteroatoms. The molecular formula is C17H21NO5S2. The molecule has 1 aliphatic rings. The van der Waals surface area contributed by atoms with Gasteiger partial charge in [0, 0.05) is 19.2 Å². The third-order valence-electron chi connectivity index (χ3n) is 4.50. The first-order valence-electron chi connectivity index (χ1n) is 7.94. The average molecular weight is 383 g/mol. The van der Waals surface area contributed by atoms with Crippen LogP contribution >= 0.6 is 0 Å². The highest BCUT2D eigenvalue weighted by molar-refractivity contribution is 7.90. The van der Waals surface area contributed by atoms with Gasteiger partial charge in [-0.2, -0.15) is 4.31 Å². The minimum atomic E-state index is -3.73. The molecule has 6 nitrogen and oxygen atoms in total. The van der Waals surface area contributed by atoms with Gasteiger partial charge >= 0.3 is 0 Å². The van der Waals surface area contributed by atoms with Crippen LogP contribution in [-0.4, -0.2) is 34.4 Å². The number of rotatable bonds is 6. The van der Waals surface area contributed by atoms with Gasteiger partial charge in [-0.3, -0.25) is 0 Å². The van der Waals surface area contributed by atoms with Crippen LogP contribution in [0.15, 0.2) is 50.6 Å². The third-order valence-corrected chi connectivity index (χ3v) is 7.44. The van der Waals surface area contributed by atoms with Crippen LogP contribution in [0.25, 0.3) is 0 Å². The van der Waals surface area contributed by atoms with Crippen LogP contribution in [0.4, 0.5) is 0 Å². The van der Waals surface area contributed by atoms with E-state index in [1.165, 1.54) is 35.6 Å². The van der Waals surface area contributed by atoms with Gasteiger partial charge in [0.05, 0.1) is 16.3 Å². The predicted molar refractivity (Wildman–Crippen MR) is 93.4 cm³/mol. The topological polar surface area (TPSA) is 84.7 Å². The summed E-state index contributed by atoms with van der Waals surface area (Å²) in [6.07, 6.45) is 2.19. The molecule has 0 aliphatic heterocycles. The lowest BCUT2D eigenvalue weighted by Gasteiger charge is -2.16. The number of sulfonamides is 1. The van der Waals surface area contributed by atoms with Crippen LogP contribution in [-0.2, 0) is 26.4 Å². The summed E-state index contributed by atoms with van der Waals surface area (Å²) in [5.41, 5.74) is 0. The molecule has 1 saturated carbocycles. The molecule has 2 aromatic rings. The molecule has 0 N–H and O–H groups in total. The zero-order valence-electron chi connectivity index (χ0n) is 14.3. The first kappa shape index (κ1) is 18.2. The zero-order chi connectivity index (χ0) is 18.4. The monoisotopic (exact) mass is 383 g/mol. The standard InChI is InChI=1S/C17H21NO5S2/c1-12-10-16(12)17-9-4-13(23-17)11-18(2)25(21,22)15-7-5-14(6-8-15)24(3,19)20/h4-9,12,16H,10-11H2,1-3H3/t12-,16+/m0/s1. The van der Waals surface area contributed by atoms with E-state index >= 15 is 0 Å². The maximum Gasteiger partial charge on any atom is 0.243 e. The van der Waals surface area contributed by atoms with Crippen molar-refractivity contribution in [1.82, 2.24) is 4.31 Å². The second-order valence-corrected chi connectivity index (χ2v) is 10.7. The van der Waals surface area contributed by atoms with Crippen LogP contribution < -0.4 is 0 Å². The number of furan rings is 1. The van der Waals surface area contributed by atoms with Gasteiger partial charge in [0.15, 0.2) is 9.84 Å². The van der Waals surface area contributed by atoms with Crippen LogP contribution in [0.2, 0.25) is 0 Å². The molecular weight excluding hydrogens is 362 g/mol. The lowest BCUT2D eigenvalue weighted by atomic mass is 10.3. The average Bonchev–Trinajstić information content (AvgIpc) is 3.08. The predicted octanol–water partition coefficient (Wildman–Crippen LogP) is 2.63. The Morgan fingerprint density at radius 1 is 1.04 bits per heavy atom. The maximum atomic E-state index is 12.6. The van der Waals surface area contributed by atoms with E-state index < -0.39 is 19.9 Å². The number of nitrogens with zero attached hydrogens (tertiary/aromatic N) is 1. The highest BCUT2D eigenvalue weighted by atomic mass is 32.2. The lowest BCUT2D eigenvalue weighted by molar-refractivity contribution is 0.390. The van der Waals surface area contributed by atoms with E-state index in [4.69, 9.17) is 4.42 Å². The van der Waals surface area contributed by atoms with E-state index in [0.717, 1.165) is 18.4 Å². The van der Waals surface area contributed by atoms with E-state index in [1.807, 2.05) is 6.07 Å². The molecule has 1 heterocycles. The van der Waals surface area contributed by atoms with Gasteiger partial charge in [-0.1, -0.05) is 6.92 Å². The molecule has 1 aromatic carbocycles. The highest BCUT2D eigenvalue weighted by Gasteiger charge is 2.36. The number of benzene rings is 1. The molecule has 0 saturated heterocycles. The molecule has 136 valence electrons. The van der Waals surface area contributed by atoms with Crippen molar-refractivity contribution in [3.8, 4) is 0 Å². The molecule has 1 fully saturated rings. The normalized spacial score (nSPS) is 20.8. The quantitative estimate of drug-likeness (QED) is 0.765. The van der Waals surface area contributed by atoms with E-state index in [0.29, 0.717) is 17.6 Å². The van der Waals surface area contributed by atoms with E-state index in [-0.39, 0.29) is 16.3 Å². The van der Waals surface area contributed by atoms with Crippen molar-refractivity contribution in [1.29, 1.82) is 0 Å². The second kappa shape index (κ2) is 6.26. The Hall–Kier alpha value is -1.64. The fraction of sp³-hybridized carbons (Fsp3) is 0.412. The number of sulfone groups is 1. The number of hydrogen-bond acceptors (Lipinski definition) is 5. The molecule has 0 bridgehead atoms. The van der Waals surface area contributed by atoms with Crippen LogP contribution in [0.5, 0.6) is 0 Å². The van der Waals surface area contributed by atoms with Crippen LogP contribution in [0.3, 0.4) is 0 Å². The van der Waals surface area contributed by atoms with E-state index in [9.17, 15) is 16.8 Å². The fourth-order valence-corrected chi connectivity index (χ4v) is 4.51. The lowest BCUT2D eigenvalue weighted by Crippen LogP contribution is -2.26. The van der Waals surface area contributed by atoms with Gasteiger partial charge in [-0.15, -0.1) is 0 Å². The summed E-state index contributed by atoms with van der Waals surface area (Å²) < 4.78 is 55.2. The van der Waals surface area contributed by atoms with Gasteiger partial charge in [-0.05, 0) is 48.7 Å². The molecule has 0 unspecified atom stereocenters. The molecule has 0 amide bonds. The van der Waals surface area contributed by atoms with Gasteiger partial charge < -0.3 is 4.42 Å². The molecule has 2 atom stereocenters. The Balaban J connectivity index is 1.76. The van der Waals surface area contributed by atoms with Crippen molar-refractivity contribution in [3.63, 3.8) is 0 Å². The molecule has 0 radical (unpaired) electrons. The van der Waals surface area contributed by atoms with Gasteiger partial charge in [0.25, 0.3) is 0 Å². The molecule has 3 rings (SSSR count). The SMILES string of the molecule is C[C@H]1C[C@H]1c1ccc(CN(C)S(=O)(=O)c2ccc(S(C)(=O)=O)cc2)o1. The first-order valence-corrected chi connectivity index (χ1v) is 11.3. The molecule has 1 aromatic heterocycles. The van der Waals surface area contributed by atoms with Crippen molar-refractivity contribution in [3.05, 3.63) is 47.9 Å². The zero-order valence-corrected chi connectivity index (χ0v) is 16.0. The van der Waals surface area contributed by atoms with Crippen molar-refractivity contribution in [2.24, 2.45) is 5.92 Å². The summed E-state index contributed by atoms with van der Waals surface area (Å²) in [6.45, 7) is 2.28. The smallest absolute Gasteiger partial charge is 0.243 e. The Bertz CT molecular complexity index is 974. The molecule has 25 heavy (non-hydrogen) atoms. The summed E-state index contributed by atoms with van der Waals surface area (Å²) in [5, 5.41) is 0. The summed E-state index contributed by atoms with van der Waals surface area (Å²) >= 11 is 0. The van der Waals surface area contributed by atoms with Gasteiger partial charge in [0.1, 0.15) is 11.5 Å². The maximum absolute atomic E-state index is 12.6. The van der Waals surface area contributed by atoms with Crippen molar-refractivity contribution in [2.45, 2.75) is 35.6 Å². The summed E-state index contributed by atoms with van der Waals surface area (Å²) in [7, 11) is -5.61. The van der Waals surface area contributed by atoms with Gasteiger partial charge in [-0.25, -0.2) is 16.8 Å². The van der Waals surface area contributed by atoms with E-state index in [1.54, 1.807) is 6.07 Å². The Kier molecular flexibility index (Phi) is 4.55. The van der Waals surface area contributed by atoms with Crippen molar-refractivity contribution >= 4 is 19.9 Å². The Labute approximate surface area is 148 Å². The highest BCUT2D eigenvalue weighted by Crippen LogP contribution is 2.47. The summed E-state index contributed by atoms with van der Waals surface area (Å²) in [6, 6.07) is 8.93. The Morgan fingerprint density at radius 3 is 2.12 bits per heavy atom. The molecule has 1 aliphatic carbocycles. The second-order valence-electron chi connectivity index (χ2n) is 6.63. The van der Waals surface area contributed by atoms with Crippen LogP contribution in [0, 0.1) is 5.92 Å². The fourth-order valence-electron chi connectivity index (χ4n) is 2.74. The Morgan fingerprint density at radius 2 is 1.60 bits per heavy atom. The summed E-state index contributed by atoms with van der Waals surface area (Å²) in [5.74, 6) is 2.56. The van der Waals surface area contributed by atoms with Crippen molar-refractivity contribution < 1.29 is 21.3 Å². The number of hydrogen-bond donors (Lipinski definition) is 0. The van der Waals surface area contributed by atoms with Gasteiger partial charge in [0.2, 0.25) is 10.0 Å². The minimum Gasteiger partial charge on any atom is -0.464 e. The van der Waals surface area contributed by atoms with Crippen molar-refractivity contribution in [2.75, 3.05) is 13.3 Å². The summed E-state index contributed by atoms with van der Waals surface area (Å²) in [4.78, 5) is 0.133. The van der Waals surface area contributed by atoms with Crippen LogP contribution in [0.1, 0.15) is 30.8 Å². The molecule has 0 spiro atoms. The van der Waals surface area contributed by atoms with E-state index in [2.05, 4.69) is 6.92 Å². The third kappa shape index (κ3) is 3.80. The first-order chi connectivity index (χ1) is 11.6. The largest absolute Gasteiger partial charge is 0.464 e. The minimum absolute atomic E-state index is 0.0463.